The van der Waals surface area contributed by atoms with Crippen LogP contribution in [0.25, 0.3) is 6.08 Å². The van der Waals surface area contributed by atoms with E-state index in [1.165, 1.54) is 24.3 Å². The summed E-state index contributed by atoms with van der Waals surface area (Å²) < 4.78 is 31.7. The number of carbonyl (C=O) groups is 2. The maximum atomic E-state index is 13.0. The highest BCUT2D eigenvalue weighted by molar-refractivity contribution is 7.89. The van der Waals surface area contributed by atoms with Gasteiger partial charge in [0.05, 0.1) is 11.5 Å². The van der Waals surface area contributed by atoms with E-state index in [2.05, 4.69) is 0 Å². The first-order valence-corrected chi connectivity index (χ1v) is 9.48. The van der Waals surface area contributed by atoms with Crippen molar-refractivity contribution in [2.75, 3.05) is 13.2 Å². The topological polar surface area (TPSA) is 80.8 Å². The van der Waals surface area contributed by atoms with E-state index in [0.29, 0.717) is 5.56 Å². The monoisotopic (exact) mass is 371 g/mol. The lowest BCUT2D eigenvalue weighted by atomic mass is 10.1. The zero-order chi connectivity index (χ0) is 18.7. The summed E-state index contributed by atoms with van der Waals surface area (Å²) in [6.45, 7) is 1.19. The second-order valence-electron chi connectivity index (χ2n) is 5.58. The number of rotatable bonds is 4. The predicted octanol–water partition coefficient (Wildman–Crippen LogP) is 2.48. The molecule has 0 bridgehead atoms. The lowest BCUT2D eigenvalue weighted by Gasteiger charge is -2.30. The average molecular weight is 371 g/mol. The molecule has 2 aromatic carbocycles. The largest absolute Gasteiger partial charge is 0.465 e. The van der Waals surface area contributed by atoms with Gasteiger partial charge in [0.2, 0.25) is 5.78 Å². The number of sulfonamides is 1. The molecule has 0 spiro atoms. The lowest BCUT2D eigenvalue weighted by Crippen LogP contribution is -2.42. The minimum absolute atomic E-state index is 0.0806. The normalized spacial score (nSPS) is 17.0. The molecule has 26 heavy (non-hydrogen) atoms. The molecule has 3 rings (SSSR count). The molecule has 1 aliphatic heterocycles. The summed E-state index contributed by atoms with van der Waals surface area (Å²) in [4.78, 5) is 24.8. The van der Waals surface area contributed by atoms with Crippen LogP contribution in [0.5, 0.6) is 0 Å². The van der Waals surface area contributed by atoms with Crippen LogP contribution in [0.3, 0.4) is 0 Å². The molecule has 2 aromatic rings. The van der Waals surface area contributed by atoms with Crippen LogP contribution in [-0.2, 0) is 19.6 Å². The van der Waals surface area contributed by atoms with E-state index in [4.69, 9.17) is 4.74 Å². The third kappa shape index (κ3) is 3.25. The second kappa shape index (κ2) is 7.13. The Kier molecular flexibility index (Phi) is 4.90. The molecule has 1 aliphatic rings. The molecule has 0 N–H and O–H groups in total. The van der Waals surface area contributed by atoms with Crippen molar-refractivity contribution >= 4 is 27.9 Å². The number of benzene rings is 2. The molecule has 0 aromatic heterocycles. The van der Waals surface area contributed by atoms with E-state index in [0.717, 1.165) is 4.31 Å². The van der Waals surface area contributed by atoms with Gasteiger partial charge in [-0.25, -0.2) is 8.42 Å². The van der Waals surface area contributed by atoms with Crippen molar-refractivity contribution in [3.05, 3.63) is 71.4 Å². The number of hydrogen-bond acceptors (Lipinski definition) is 5. The minimum atomic E-state index is -4.06. The Hall–Kier alpha value is -2.93. The number of hydrogen-bond donors (Lipinski definition) is 0. The van der Waals surface area contributed by atoms with Gasteiger partial charge < -0.3 is 4.74 Å². The van der Waals surface area contributed by atoms with Gasteiger partial charge in [-0.1, -0.05) is 42.5 Å². The molecule has 0 unspecified atom stereocenters. The van der Waals surface area contributed by atoms with Gasteiger partial charge in [0.15, 0.2) is 0 Å². The zero-order valence-corrected chi connectivity index (χ0v) is 14.9. The van der Waals surface area contributed by atoms with Gasteiger partial charge in [-0.3, -0.25) is 13.9 Å². The van der Waals surface area contributed by atoms with Crippen LogP contribution in [0.2, 0.25) is 0 Å². The smallest absolute Gasteiger partial charge is 0.326 e. The predicted molar refractivity (Wildman–Crippen MR) is 95.7 cm³/mol. The summed E-state index contributed by atoms with van der Waals surface area (Å²) in [5.41, 5.74) is 0.664. The highest BCUT2D eigenvalue weighted by atomic mass is 32.2. The van der Waals surface area contributed by atoms with E-state index >= 15 is 0 Å². The van der Waals surface area contributed by atoms with Gasteiger partial charge in [0.25, 0.3) is 10.0 Å². The third-order valence-electron chi connectivity index (χ3n) is 3.88. The van der Waals surface area contributed by atoms with Gasteiger partial charge in [-0.2, -0.15) is 0 Å². The Bertz CT molecular complexity index is 980. The molecule has 0 saturated heterocycles. The first kappa shape index (κ1) is 17.9. The van der Waals surface area contributed by atoms with Gasteiger partial charge in [-0.15, -0.1) is 0 Å². The third-order valence-corrected chi connectivity index (χ3v) is 5.70. The van der Waals surface area contributed by atoms with Crippen LogP contribution >= 0.6 is 0 Å². The number of allylic oxidation sites excluding steroid dienone is 1. The molecule has 0 amide bonds. The number of esters is 1. The molecule has 0 saturated carbocycles. The Labute approximate surface area is 151 Å². The van der Waals surface area contributed by atoms with Crippen molar-refractivity contribution in [2.45, 2.75) is 11.8 Å². The van der Waals surface area contributed by atoms with Crippen LogP contribution < -0.4 is 0 Å². The van der Waals surface area contributed by atoms with Crippen molar-refractivity contribution in [2.24, 2.45) is 0 Å². The van der Waals surface area contributed by atoms with Crippen LogP contribution in [0.15, 0.2) is 65.2 Å². The lowest BCUT2D eigenvalue weighted by molar-refractivity contribution is -0.142. The van der Waals surface area contributed by atoms with E-state index in [1.807, 2.05) is 6.07 Å². The van der Waals surface area contributed by atoms with Crippen molar-refractivity contribution < 1.29 is 22.7 Å². The summed E-state index contributed by atoms with van der Waals surface area (Å²) in [5, 5.41) is 0. The summed E-state index contributed by atoms with van der Waals surface area (Å²) in [7, 11) is -4.06. The van der Waals surface area contributed by atoms with Crippen molar-refractivity contribution in [3.63, 3.8) is 0 Å². The fraction of sp³-hybridized carbons (Fsp3) is 0.158. The molecular weight excluding hydrogens is 354 g/mol. The molecule has 0 fully saturated rings. The standard InChI is InChI=1S/C19H17NO5S/c1-2-25-18(21)13-20-16(12-14-8-4-3-5-9-14)19(22)15-10-6-7-11-17(15)26(20,23)24/h3-12H,2,13H2,1H3. The van der Waals surface area contributed by atoms with E-state index in [-0.39, 0.29) is 22.8 Å². The maximum absolute atomic E-state index is 13.0. The summed E-state index contributed by atoms with van der Waals surface area (Å²) >= 11 is 0. The maximum Gasteiger partial charge on any atom is 0.326 e. The Morgan fingerprint density at radius 2 is 1.73 bits per heavy atom. The first-order chi connectivity index (χ1) is 12.4. The number of ketones is 1. The Morgan fingerprint density at radius 3 is 2.42 bits per heavy atom. The van der Waals surface area contributed by atoms with Gasteiger partial charge in [-0.05, 0) is 30.7 Å². The van der Waals surface area contributed by atoms with Gasteiger partial charge in [0.1, 0.15) is 12.2 Å². The number of Topliss-reactive ketones (excluding diaryl/α,β-unsaturated/α-hetero) is 1. The first-order valence-electron chi connectivity index (χ1n) is 8.04. The van der Waals surface area contributed by atoms with Crippen molar-refractivity contribution in [1.82, 2.24) is 4.31 Å². The molecule has 0 atom stereocenters. The second-order valence-corrected chi connectivity index (χ2v) is 7.41. The summed E-state index contributed by atoms with van der Waals surface area (Å²) in [6.07, 6.45) is 1.47. The van der Waals surface area contributed by atoms with Crippen LogP contribution in [-0.4, -0.2) is 37.6 Å². The average Bonchev–Trinajstić information content (AvgIpc) is 2.64. The van der Waals surface area contributed by atoms with Crippen molar-refractivity contribution in [1.29, 1.82) is 0 Å². The fourth-order valence-corrected chi connectivity index (χ4v) is 4.31. The van der Waals surface area contributed by atoms with Crippen LogP contribution in [0, 0.1) is 0 Å². The van der Waals surface area contributed by atoms with E-state index < -0.39 is 28.3 Å². The fourth-order valence-electron chi connectivity index (χ4n) is 2.72. The summed E-state index contributed by atoms with van der Waals surface area (Å²) in [5.74, 6) is -1.18. The quantitative estimate of drug-likeness (QED) is 0.609. The minimum Gasteiger partial charge on any atom is -0.465 e. The zero-order valence-electron chi connectivity index (χ0n) is 14.1. The van der Waals surface area contributed by atoms with Gasteiger partial charge >= 0.3 is 5.97 Å². The molecule has 7 heteroatoms. The molecule has 1 heterocycles. The Balaban J connectivity index is 2.17. The molecular formula is C19H17NO5S. The molecule has 0 radical (unpaired) electrons. The molecule has 134 valence electrons. The molecule has 0 aliphatic carbocycles. The Morgan fingerprint density at radius 1 is 1.08 bits per heavy atom. The van der Waals surface area contributed by atoms with Gasteiger partial charge in [0, 0.05) is 5.56 Å². The SMILES string of the molecule is CCOC(=O)CN1C(=Cc2ccccc2)C(=O)c2ccccc2S1(=O)=O. The van der Waals surface area contributed by atoms with E-state index in [9.17, 15) is 18.0 Å². The van der Waals surface area contributed by atoms with E-state index in [1.54, 1.807) is 37.3 Å². The van der Waals surface area contributed by atoms with Crippen molar-refractivity contribution in [3.8, 4) is 0 Å². The highest BCUT2D eigenvalue weighted by Crippen LogP contribution is 2.33. The number of carbonyl (C=O) groups excluding carboxylic acids is 2. The number of ether oxygens (including phenoxy) is 1. The molecule has 6 nitrogen and oxygen atoms in total. The van der Waals surface area contributed by atoms with Crippen LogP contribution in [0.4, 0.5) is 0 Å². The number of fused-ring (bicyclic) bond motifs is 1. The summed E-state index contributed by atoms with van der Waals surface area (Å²) in [6, 6.07) is 14.8. The number of nitrogens with zero attached hydrogens (tertiary/aromatic N) is 1. The highest BCUT2D eigenvalue weighted by Gasteiger charge is 2.40. The van der Waals surface area contributed by atoms with Crippen LogP contribution in [0.1, 0.15) is 22.8 Å².